The summed E-state index contributed by atoms with van der Waals surface area (Å²) in [6.45, 7) is 0. The fraction of sp³-hybridized carbons (Fsp3) is 0.143. The van der Waals surface area contributed by atoms with E-state index in [1.807, 2.05) is 0 Å². The van der Waals surface area contributed by atoms with Crippen LogP contribution in [0.15, 0.2) is 52.7 Å². The largest absolute Gasteiger partial charge is 0.302 e. The van der Waals surface area contributed by atoms with Gasteiger partial charge in [0.15, 0.2) is 20.1 Å². The Balaban J connectivity index is 1.32. The second-order valence-electron chi connectivity index (χ2n) is 7.07. The van der Waals surface area contributed by atoms with Gasteiger partial charge in [-0.05, 0) is 48.9 Å². The van der Waals surface area contributed by atoms with Crippen molar-refractivity contribution in [3.05, 3.63) is 64.9 Å². The first-order valence-electron chi connectivity index (χ1n) is 9.59. The van der Waals surface area contributed by atoms with Gasteiger partial charge in [0.25, 0.3) is 5.91 Å². The number of aryl methyl sites for hydroxylation is 1. The molecule has 0 atom stereocenters. The van der Waals surface area contributed by atoms with Crippen LogP contribution in [0.2, 0.25) is 0 Å². The number of halogens is 1. The monoisotopic (exact) mass is 504 g/mol. The number of nitrogens with one attached hydrogen (secondary N) is 2. The fourth-order valence-electron chi connectivity index (χ4n) is 2.86. The number of thiazole rings is 2. The fourth-order valence-corrected chi connectivity index (χ4v) is 5.25. The van der Waals surface area contributed by atoms with E-state index in [9.17, 15) is 22.4 Å². The van der Waals surface area contributed by atoms with E-state index in [4.69, 9.17) is 0 Å². The predicted octanol–water partition coefficient (Wildman–Crippen LogP) is 4.12. The first-order valence-corrected chi connectivity index (χ1v) is 13.2. The van der Waals surface area contributed by atoms with Gasteiger partial charge >= 0.3 is 0 Å². The van der Waals surface area contributed by atoms with E-state index in [-0.39, 0.29) is 17.2 Å². The van der Waals surface area contributed by atoms with Crippen LogP contribution in [0.4, 0.5) is 14.7 Å². The van der Waals surface area contributed by atoms with Gasteiger partial charge in [0, 0.05) is 23.6 Å². The number of sulfone groups is 1. The summed E-state index contributed by atoms with van der Waals surface area (Å²) in [5.41, 5.74) is 1.56. The number of fused-ring (bicyclic) bond motifs is 1. The van der Waals surface area contributed by atoms with Crippen molar-refractivity contribution >= 4 is 64.8 Å². The van der Waals surface area contributed by atoms with E-state index < -0.39 is 21.6 Å². The summed E-state index contributed by atoms with van der Waals surface area (Å²) < 4.78 is 37.0. The number of carbonyl (C=O) groups is 2. The molecule has 33 heavy (non-hydrogen) atoms. The molecule has 2 amide bonds. The standard InChI is InChI=1S/C21H17FN4O4S3/c1-33(29,30)15-7-8-16-17(10-15)32-21(24-16)25-18(27)9-6-14-11-31-20(23-14)26-19(28)12-2-4-13(22)5-3-12/h2-5,7-8,10-11H,6,9H2,1H3,(H,23,26,28)(H,24,25,27). The van der Waals surface area contributed by atoms with E-state index in [1.165, 1.54) is 59.1 Å². The summed E-state index contributed by atoms with van der Waals surface area (Å²) in [7, 11) is -3.33. The minimum atomic E-state index is -3.33. The van der Waals surface area contributed by atoms with Crippen molar-refractivity contribution in [2.24, 2.45) is 0 Å². The molecule has 0 spiro atoms. The smallest absolute Gasteiger partial charge is 0.257 e. The van der Waals surface area contributed by atoms with E-state index in [0.29, 0.717) is 38.2 Å². The molecule has 2 aromatic heterocycles. The van der Waals surface area contributed by atoms with Crippen LogP contribution in [-0.2, 0) is 21.1 Å². The van der Waals surface area contributed by atoms with E-state index >= 15 is 0 Å². The second kappa shape index (κ2) is 9.33. The van der Waals surface area contributed by atoms with Crippen molar-refractivity contribution in [2.75, 3.05) is 16.9 Å². The highest BCUT2D eigenvalue weighted by Crippen LogP contribution is 2.28. The Morgan fingerprint density at radius 1 is 1.03 bits per heavy atom. The summed E-state index contributed by atoms with van der Waals surface area (Å²) in [4.78, 5) is 33.3. The minimum Gasteiger partial charge on any atom is -0.302 e. The second-order valence-corrected chi connectivity index (χ2v) is 11.0. The van der Waals surface area contributed by atoms with Crippen LogP contribution >= 0.6 is 22.7 Å². The number of hydrogen-bond donors (Lipinski definition) is 2. The Morgan fingerprint density at radius 2 is 1.79 bits per heavy atom. The van der Waals surface area contributed by atoms with Gasteiger partial charge in [0.05, 0.1) is 20.8 Å². The van der Waals surface area contributed by atoms with Gasteiger partial charge in [-0.2, -0.15) is 0 Å². The van der Waals surface area contributed by atoms with Crippen LogP contribution in [-0.4, -0.2) is 36.5 Å². The van der Waals surface area contributed by atoms with Crippen molar-refractivity contribution in [3.8, 4) is 0 Å². The number of benzene rings is 2. The third-order valence-corrected chi connectivity index (χ3v) is 7.37. The maximum absolute atomic E-state index is 13.0. The molecule has 0 fully saturated rings. The Bertz CT molecular complexity index is 1450. The SMILES string of the molecule is CS(=O)(=O)c1ccc2nc(NC(=O)CCc3csc(NC(=O)c4ccc(F)cc4)n3)sc2c1. The van der Waals surface area contributed by atoms with Crippen molar-refractivity contribution in [3.63, 3.8) is 0 Å². The zero-order valence-corrected chi connectivity index (χ0v) is 19.6. The quantitative estimate of drug-likeness (QED) is 0.391. The molecule has 0 saturated heterocycles. The number of rotatable bonds is 7. The lowest BCUT2D eigenvalue weighted by Gasteiger charge is -2.01. The lowest BCUT2D eigenvalue weighted by Crippen LogP contribution is -2.13. The number of aromatic nitrogens is 2. The van der Waals surface area contributed by atoms with Crippen molar-refractivity contribution < 1.29 is 22.4 Å². The topological polar surface area (TPSA) is 118 Å². The molecule has 0 aliphatic rings. The summed E-state index contributed by atoms with van der Waals surface area (Å²) >= 11 is 2.42. The third-order valence-electron chi connectivity index (χ3n) is 4.52. The van der Waals surface area contributed by atoms with Crippen LogP contribution in [0, 0.1) is 5.82 Å². The van der Waals surface area contributed by atoms with Crippen LogP contribution in [0.3, 0.4) is 0 Å². The molecule has 0 radical (unpaired) electrons. The summed E-state index contributed by atoms with van der Waals surface area (Å²) in [6.07, 6.45) is 1.65. The number of nitrogens with zero attached hydrogens (tertiary/aromatic N) is 2. The number of anilines is 2. The van der Waals surface area contributed by atoms with Gasteiger partial charge in [-0.25, -0.2) is 22.8 Å². The van der Waals surface area contributed by atoms with Gasteiger partial charge in [0.2, 0.25) is 5.91 Å². The van der Waals surface area contributed by atoms with Gasteiger partial charge in [0.1, 0.15) is 5.82 Å². The molecule has 2 N–H and O–H groups in total. The summed E-state index contributed by atoms with van der Waals surface area (Å²) in [5.74, 6) is -1.09. The van der Waals surface area contributed by atoms with E-state index in [1.54, 1.807) is 11.4 Å². The molecule has 0 aliphatic heterocycles. The molecule has 12 heteroatoms. The van der Waals surface area contributed by atoms with Crippen molar-refractivity contribution in [2.45, 2.75) is 17.7 Å². The first-order chi connectivity index (χ1) is 15.7. The summed E-state index contributed by atoms with van der Waals surface area (Å²) in [5, 5.41) is 7.88. The van der Waals surface area contributed by atoms with Crippen LogP contribution in [0.1, 0.15) is 22.5 Å². The highest BCUT2D eigenvalue weighted by molar-refractivity contribution is 7.90. The molecule has 2 heterocycles. The molecule has 0 unspecified atom stereocenters. The maximum Gasteiger partial charge on any atom is 0.257 e. The third kappa shape index (κ3) is 5.78. The van der Waals surface area contributed by atoms with Crippen molar-refractivity contribution in [1.82, 2.24) is 9.97 Å². The molecule has 0 saturated carbocycles. The minimum absolute atomic E-state index is 0.152. The maximum atomic E-state index is 13.0. The Hall–Kier alpha value is -3.22. The Kier molecular flexibility index (Phi) is 6.49. The predicted molar refractivity (Wildman–Crippen MR) is 126 cm³/mol. The molecule has 0 aliphatic carbocycles. The molecular formula is C21H17FN4O4S3. The van der Waals surface area contributed by atoms with Gasteiger partial charge < -0.3 is 5.32 Å². The molecule has 4 aromatic rings. The van der Waals surface area contributed by atoms with Crippen LogP contribution in [0.25, 0.3) is 10.2 Å². The molecule has 4 rings (SSSR count). The number of amides is 2. The van der Waals surface area contributed by atoms with E-state index in [2.05, 4.69) is 20.6 Å². The Morgan fingerprint density at radius 3 is 2.52 bits per heavy atom. The number of carbonyl (C=O) groups excluding carboxylic acids is 2. The lowest BCUT2D eigenvalue weighted by atomic mass is 10.2. The summed E-state index contributed by atoms with van der Waals surface area (Å²) in [6, 6.07) is 9.80. The highest BCUT2D eigenvalue weighted by Gasteiger charge is 2.14. The van der Waals surface area contributed by atoms with Crippen molar-refractivity contribution in [1.29, 1.82) is 0 Å². The zero-order chi connectivity index (χ0) is 23.6. The average molecular weight is 505 g/mol. The van der Waals surface area contributed by atoms with Crippen LogP contribution < -0.4 is 10.6 Å². The van der Waals surface area contributed by atoms with Gasteiger partial charge in [-0.15, -0.1) is 11.3 Å². The van der Waals surface area contributed by atoms with Crippen LogP contribution in [0.5, 0.6) is 0 Å². The Labute approximate surface area is 196 Å². The molecular weight excluding hydrogens is 487 g/mol. The lowest BCUT2D eigenvalue weighted by molar-refractivity contribution is -0.116. The first kappa shape index (κ1) is 23.0. The molecule has 170 valence electrons. The highest BCUT2D eigenvalue weighted by atomic mass is 32.2. The number of hydrogen-bond acceptors (Lipinski definition) is 8. The molecule has 2 aromatic carbocycles. The van der Waals surface area contributed by atoms with Gasteiger partial charge in [-0.3, -0.25) is 14.9 Å². The van der Waals surface area contributed by atoms with E-state index in [0.717, 1.165) is 6.26 Å². The average Bonchev–Trinajstić information content (AvgIpc) is 3.37. The normalized spacial score (nSPS) is 11.5. The van der Waals surface area contributed by atoms with Gasteiger partial charge in [-0.1, -0.05) is 11.3 Å². The molecule has 0 bridgehead atoms. The molecule has 8 nitrogen and oxygen atoms in total. The zero-order valence-electron chi connectivity index (χ0n) is 17.2.